The fourth-order valence-corrected chi connectivity index (χ4v) is 1.95. The summed E-state index contributed by atoms with van der Waals surface area (Å²) >= 11 is 0. The molecular weight excluding hydrogens is 174 g/mol. The van der Waals surface area contributed by atoms with Gasteiger partial charge in [0.25, 0.3) is 0 Å². The third-order valence-electron chi connectivity index (χ3n) is 2.87. The molecule has 0 aromatic carbocycles. The lowest BCUT2D eigenvalue weighted by Crippen LogP contribution is -2.32. The molecule has 2 atom stereocenters. The van der Waals surface area contributed by atoms with E-state index in [4.69, 9.17) is 11.2 Å². The van der Waals surface area contributed by atoms with Crippen LogP contribution in [-0.2, 0) is 4.74 Å². The Balaban J connectivity index is 2.20. The van der Waals surface area contributed by atoms with E-state index in [1.54, 1.807) is 0 Å². The van der Waals surface area contributed by atoms with Crippen molar-refractivity contribution in [2.24, 2.45) is 0 Å². The maximum atomic E-state index is 5.70. The van der Waals surface area contributed by atoms with Gasteiger partial charge in [-0.2, -0.15) is 0 Å². The van der Waals surface area contributed by atoms with Crippen molar-refractivity contribution in [3.05, 3.63) is 0 Å². The van der Waals surface area contributed by atoms with Crippen molar-refractivity contribution >= 4 is 0 Å². The summed E-state index contributed by atoms with van der Waals surface area (Å²) in [5.41, 5.74) is 0. The Morgan fingerprint density at radius 2 is 2.43 bits per heavy atom. The zero-order valence-corrected chi connectivity index (χ0v) is 9.09. The minimum atomic E-state index is 0.457. The highest BCUT2D eigenvalue weighted by molar-refractivity contribution is 4.86. The van der Waals surface area contributed by atoms with Gasteiger partial charge in [-0.15, -0.1) is 12.3 Å². The molecule has 1 heterocycles. The van der Waals surface area contributed by atoms with E-state index in [1.807, 2.05) is 7.05 Å². The van der Waals surface area contributed by atoms with Gasteiger partial charge in [-0.3, -0.25) is 0 Å². The van der Waals surface area contributed by atoms with E-state index in [1.165, 1.54) is 19.3 Å². The second kappa shape index (κ2) is 6.86. The van der Waals surface area contributed by atoms with Gasteiger partial charge in [-0.05, 0) is 39.2 Å². The summed E-state index contributed by atoms with van der Waals surface area (Å²) in [7, 11) is 2.00. The van der Waals surface area contributed by atoms with E-state index in [0.717, 1.165) is 25.9 Å². The maximum absolute atomic E-state index is 5.70. The van der Waals surface area contributed by atoms with Crippen LogP contribution in [0.25, 0.3) is 0 Å². The van der Waals surface area contributed by atoms with Gasteiger partial charge in [-0.25, -0.2) is 0 Å². The zero-order chi connectivity index (χ0) is 10.2. The standard InChI is InChI=1S/C12H21NO/c1-3-4-7-11(13-2)10-12-8-5-6-9-14-12/h1,11-13H,4-10H2,2H3. The molecule has 2 unspecified atom stereocenters. The Morgan fingerprint density at radius 3 is 3.00 bits per heavy atom. The quantitative estimate of drug-likeness (QED) is 0.677. The summed E-state index contributed by atoms with van der Waals surface area (Å²) in [6.07, 6.45) is 12.5. The molecule has 0 aromatic rings. The third kappa shape index (κ3) is 4.13. The van der Waals surface area contributed by atoms with Crippen LogP contribution < -0.4 is 5.32 Å². The number of terminal acetylenes is 1. The first kappa shape index (κ1) is 11.6. The predicted molar refractivity (Wildman–Crippen MR) is 59.1 cm³/mol. The number of ether oxygens (including phenoxy) is 1. The molecule has 14 heavy (non-hydrogen) atoms. The fourth-order valence-electron chi connectivity index (χ4n) is 1.95. The van der Waals surface area contributed by atoms with Crippen molar-refractivity contribution in [2.45, 2.75) is 50.7 Å². The van der Waals surface area contributed by atoms with E-state index in [2.05, 4.69) is 11.2 Å². The molecule has 0 saturated carbocycles. The maximum Gasteiger partial charge on any atom is 0.0590 e. The molecule has 1 aliphatic rings. The van der Waals surface area contributed by atoms with E-state index >= 15 is 0 Å². The van der Waals surface area contributed by atoms with Crippen molar-refractivity contribution in [3.63, 3.8) is 0 Å². The highest BCUT2D eigenvalue weighted by atomic mass is 16.5. The summed E-state index contributed by atoms with van der Waals surface area (Å²) < 4.78 is 5.70. The molecule has 0 aromatic heterocycles. The summed E-state index contributed by atoms with van der Waals surface area (Å²) in [6, 6.07) is 0.522. The molecule has 0 amide bonds. The van der Waals surface area contributed by atoms with Gasteiger partial charge in [0.1, 0.15) is 0 Å². The largest absolute Gasteiger partial charge is 0.378 e. The smallest absolute Gasteiger partial charge is 0.0590 e. The van der Waals surface area contributed by atoms with Gasteiger partial charge in [-0.1, -0.05) is 0 Å². The Morgan fingerprint density at radius 1 is 1.57 bits per heavy atom. The normalized spacial score (nSPS) is 24.1. The number of nitrogens with one attached hydrogen (secondary N) is 1. The summed E-state index contributed by atoms with van der Waals surface area (Å²) in [5, 5.41) is 3.31. The van der Waals surface area contributed by atoms with Crippen molar-refractivity contribution < 1.29 is 4.74 Å². The molecule has 1 saturated heterocycles. The van der Waals surface area contributed by atoms with Gasteiger partial charge < -0.3 is 10.1 Å². The van der Waals surface area contributed by atoms with Crippen LogP contribution in [0.5, 0.6) is 0 Å². The van der Waals surface area contributed by atoms with Gasteiger partial charge >= 0.3 is 0 Å². The molecule has 0 bridgehead atoms. The minimum absolute atomic E-state index is 0.457. The Kier molecular flexibility index (Phi) is 5.66. The van der Waals surface area contributed by atoms with Crippen LogP contribution in [0.4, 0.5) is 0 Å². The van der Waals surface area contributed by atoms with Crippen LogP contribution in [0.15, 0.2) is 0 Å². The average Bonchev–Trinajstić information content (AvgIpc) is 2.25. The number of hydrogen-bond donors (Lipinski definition) is 1. The lowest BCUT2D eigenvalue weighted by atomic mass is 9.99. The van der Waals surface area contributed by atoms with Crippen LogP contribution in [0.2, 0.25) is 0 Å². The van der Waals surface area contributed by atoms with Crippen molar-refractivity contribution in [1.29, 1.82) is 0 Å². The predicted octanol–water partition coefficient (Wildman–Crippen LogP) is 1.95. The molecule has 0 aliphatic carbocycles. The van der Waals surface area contributed by atoms with Crippen molar-refractivity contribution in [2.75, 3.05) is 13.7 Å². The molecule has 2 heteroatoms. The number of hydrogen-bond acceptors (Lipinski definition) is 2. The Labute approximate surface area is 87.4 Å². The molecule has 1 N–H and O–H groups in total. The van der Waals surface area contributed by atoms with E-state index in [9.17, 15) is 0 Å². The second-order valence-electron chi connectivity index (χ2n) is 3.95. The summed E-state index contributed by atoms with van der Waals surface area (Å²) in [4.78, 5) is 0. The van der Waals surface area contributed by atoms with Gasteiger partial charge in [0, 0.05) is 19.1 Å². The van der Waals surface area contributed by atoms with Crippen LogP contribution in [0.1, 0.15) is 38.5 Å². The Bertz CT molecular complexity index is 179. The first-order valence-corrected chi connectivity index (χ1v) is 5.59. The Hall–Kier alpha value is -0.520. The topological polar surface area (TPSA) is 21.3 Å². The summed E-state index contributed by atoms with van der Waals surface area (Å²) in [6.45, 7) is 0.941. The minimum Gasteiger partial charge on any atom is -0.378 e. The van der Waals surface area contributed by atoms with Crippen molar-refractivity contribution in [1.82, 2.24) is 5.32 Å². The van der Waals surface area contributed by atoms with E-state index < -0.39 is 0 Å². The molecule has 1 rings (SSSR count). The zero-order valence-electron chi connectivity index (χ0n) is 9.09. The van der Waals surface area contributed by atoms with Crippen LogP contribution in [0.3, 0.4) is 0 Å². The molecule has 1 fully saturated rings. The molecule has 2 nitrogen and oxygen atoms in total. The van der Waals surface area contributed by atoms with Crippen molar-refractivity contribution in [3.8, 4) is 12.3 Å². The highest BCUT2D eigenvalue weighted by Gasteiger charge is 2.17. The first-order chi connectivity index (χ1) is 6.86. The van der Waals surface area contributed by atoms with Gasteiger partial charge in [0.2, 0.25) is 0 Å². The van der Waals surface area contributed by atoms with Crippen LogP contribution >= 0.6 is 0 Å². The van der Waals surface area contributed by atoms with Gasteiger partial charge in [0.15, 0.2) is 0 Å². The summed E-state index contributed by atoms with van der Waals surface area (Å²) in [5.74, 6) is 2.69. The SMILES string of the molecule is C#CCCC(CC1CCCCO1)NC. The second-order valence-corrected chi connectivity index (χ2v) is 3.95. The van der Waals surface area contributed by atoms with Crippen LogP contribution in [-0.4, -0.2) is 25.8 Å². The monoisotopic (exact) mass is 195 g/mol. The van der Waals surface area contributed by atoms with E-state index in [-0.39, 0.29) is 0 Å². The first-order valence-electron chi connectivity index (χ1n) is 5.59. The molecule has 0 radical (unpaired) electrons. The highest BCUT2D eigenvalue weighted by Crippen LogP contribution is 2.18. The average molecular weight is 195 g/mol. The molecule has 0 spiro atoms. The van der Waals surface area contributed by atoms with Crippen LogP contribution in [0, 0.1) is 12.3 Å². The van der Waals surface area contributed by atoms with E-state index in [0.29, 0.717) is 12.1 Å². The third-order valence-corrected chi connectivity index (χ3v) is 2.87. The molecular formula is C12H21NO. The molecule has 1 aliphatic heterocycles. The fraction of sp³-hybridized carbons (Fsp3) is 0.833. The number of rotatable bonds is 5. The lowest BCUT2D eigenvalue weighted by molar-refractivity contribution is 0.00526. The lowest BCUT2D eigenvalue weighted by Gasteiger charge is -2.26. The van der Waals surface area contributed by atoms with Gasteiger partial charge in [0.05, 0.1) is 6.10 Å². The molecule has 80 valence electrons.